The van der Waals surface area contributed by atoms with E-state index in [1.807, 2.05) is 18.7 Å². The molecule has 0 radical (unpaired) electrons. The number of hydrogen-bond donors (Lipinski definition) is 0. The number of hydrogen-bond acceptors (Lipinski definition) is 6. The summed E-state index contributed by atoms with van der Waals surface area (Å²) in [6.45, 7) is 6.97. The predicted octanol–water partition coefficient (Wildman–Crippen LogP) is 2.69. The molecule has 2 aromatic rings. The first-order chi connectivity index (χ1) is 14.5. The van der Waals surface area contributed by atoms with Crippen LogP contribution in [0.1, 0.15) is 19.4 Å². The van der Waals surface area contributed by atoms with Crippen LogP contribution < -0.4 is 4.90 Å². The normalized spacial score (nSPS) is 17.5. The van der Waals surface area contributed by atoms with Crippen molar-refractivity contribution in [2.24, 2.45) is 5.92 Å². The molecule has 0 unspecified atom stereocenters. The van der Waals surface area contributed by atoms with Crippen LogP contribution in [-0.2, 0) is 9.59 Å². The van der Waals surface area contributed by atoms with Crippen molar-refractivity contribution in [3.05, 3.63) is 59.0 Å². The molecule has 0 bridgehead atoms. The molecule has 1 fully saturated rings. The van der Waals surface area contributed by atoms with Crippen LogP contribution in [0.2, 0.25) is 5.02 Å². The van der Waals surface area contributed by atoms with E-state index in [2.05, 4.69) is 14.9 Å². The minimum atomic E-state index is -0.236. The second kappa shape index (κ2) is 8.44. The van der Waals surface area contributed by atoms with Crippen LogP contribution in [0.15, 0.2) is 48.4 Å². The number of imide groups is 1. The van der Waals surface area contributed by atoms with Gasteiger partial charge in [0.15, 0.2) is 0 Å². The fourth-order valence-electron chi connectivity index (χ4n) is 3.85. The molecule has 1 aromatic heterocycles. The van der Waals surface area contributed by atoms with E-state index in [9.17, 15) is 9.59 Å². The molecule has 0 atom stereocenters. The van der Waals surface area contributed by atoms with Gasteiger partial charge < -0.3 is 9.80 Å². The average Bonchev–Trinajstić information content (AvgIpc) is 2.99. The van der Waals surface area contributed by atoms with E-state index in [-0.39, 0.29) is 17.7 Å². The molecule has 2 aliphatic rings. The molecule has 7 nitrogen and oxygen atoms in total. The highest BCUT2D eigenvalue weighted by Gasteiger charge is 2.42. The van der Waals surface area contributed by atoms with E-state index >= 15 is 0 Å². The number of rotatable bonds is 5. The Kier molecular flexibility index (Phi) is 5.72. The maximum absolute atomic E-state index is 13.3. The summed E-state index contributed by atoms with van der Waals surface area (Å²) in [5, 5.41) is 0.591. The summed E-state index contributed by atoms with van der Waals surface area (Å²) in [5.41, 5.74) is 1.66. The maximum atomic E-state index is 13.3. The third-order valence-electron chi connectivity index (χ3n) is 5.26. The lowest BCUT2D eigenvalue weighted by Crippen LogP contribution is -2.48. The standard InChI is InChI=1S/C22H24ClN5O2/c1-15(2)14-28-20(29)18(16-4-6-17(23)7-5-16)19(21(28)30)26-10-12-27(13-11-26)22-24-8-3-9-25-22/h3-9,15H,10-14H2,1-2H3. The molecule has 156 valence electrons. The van der Waals surface area contributed by atoms with Gasteiger partial charge in [-0.05, 0) is 29.7 Å². The van der Waals surface area contributed by atoms with Gasteiger partial charge in [0.25, 0.3) is 11.8 Å². The van der Waals surface area contributed by atoms with Gasteiger partial charge in [-0.2, -0.15) is 0 Å². The Bertz CT molecular complexity index is 967. The van der Waals surface area contributed by atoms with E-state index < -0.39 is 0 Å². The van der Waals surface area contributed by atoms with E-state index in [0.717, 1.165) is 0 Å². The zero-order valence-corrected chi connectivity index (χ0v) is 17.8. The van der Waals surface area contributed by atoms with E-state index in [0.29, 0.717) is 60.5 Å². The van der Waals surface area contributed by atoms with Crippen LogP contribution in [0.4, 0.5) is 5.95 Å². The Labute approximate surface area is 181 Å². The molecule has 0 N–H and O–H groups in total. The van der Waals surface area contributed by atoms with Crippen molar-refractivity contribution in [2.45, 2.75) is 13.8 Å². The van der Waals surface area contributed by atoms with Crippen molar-refractivity contribution in [3.8, 4) is 0 Å². The number of benzene rings is 1. The first-order valence-electron chi connectivity index (χ1n) is 10.1. The van der Waals surface area contributed by atoms with E-state index in [1.165, 1.54) is 4.90 Å². The molecular weight excluding hydrogens is 402 g/mol. The SMILES string of the molecule is CC(C)CN1C(=O)C(c2ccc(Cl)cc2)=C(N2CCN(c3ncccn3)CC2)C1=O. The fraction of sp³-hybridized carbons (Fsp3) is 0.364. The summed E-state index contributed by atoms with van der Waals surface area (Å²) >= 11 is 6.03. The van der Waals surface area contributed by atoms with Gasteiger partial charge >= 0.3 is 0 Å². The predicted molar refractivity (Wildman–Crippen MR) is 116 cm³/mol. The number of aromatic nitrogens is 2. The number of piperazine rings is 1. The molecule has 8 heteroatoms. The van der Waals surface area contributed by atoms with Crippen LogP contribution >= 0.6 is 11.6 Å². The Hall–Kier alpha value is -2.93. The number of carbonyl (C=O) groups is 2. The Morgan fingerprint density at radius 2 is 1.53 bits per heavy atom. The van der Waals surface area contributed by atoms with Gasteiger partial charge in [0.05, 0.1) is 5.57 Å². The van der Waals surface area contributed by atoms with E-state index in [1.54, 1.807) is 42.7 Å². The van der Waals surface area contributed by atoms with Crippen molar-refractivity contribution in [1.29, 1.82) is 0 Å². The molecule has 0 spiro atoms. The van der Waals surface area contributed by atoms with Crippen LogP contribution in [-0.4, -0.2) is 64.3 Å². The summed E-state index contributed by atoms with van der Waals surface area (Å²) in [4.78, 5) is 40.6. The summed E-state index contributed by atoms with van der Waals surface area (Å²) in [6, 6.07) is 8.88. The zero-order valence-electron chi connectivity index (χ0n) is 17.1. The summed E-state index contributed by atoms with van der Waals surface area (Å²) < 4.78 is 0. The van der Waals surface area contributed by atoms with Gasteiger partial charge in [-0.3, -0.25) is 14.5 Å². The van der Waals surface area contributed by atoms with Crippen molar-refractivity contribution >= 4 is 34.9 Å². The van der Waals surface area contributed by atoms with Crippen LogP contribution in [0.25, 0.3) is 5.57 Å². The number of anilines is 1. The van der Waals surface area contributed by atoms with E-state index in [4.69, 9.17) is 11.6 Å². The number of nitrogens with zero attached hydrogens (tertiary/aromatic N) is 5. The lowest BCUT2D eigenvalue weighted by molar-refractivity contribution is -0.138. The lowest BCUT2D eigenvalue weighted by Gasteiger charge is -2.36. The quantitative estimate of drug-likeness (QED) is 0.686. The molecule has 1 saturated heterocycles. The molecular formula is C22H24ClN5O2. The smallest absolute Gasteiger partial charge is 0.277 e. The molecule has 0 saturated carbocycles. The first kappa shape index (κ1) is 20.3. The molecule has 2 amide bonds. The molecule has 30 heavy (non-hydrogen) atoms. The van der Waals surface area contributed by atoms with Gasteiger partial charge in [-0.1, -0.05) is 37.6 Å². The molecule has 4 rings (SSSR count). The fourth-order valence-corrected chi connectivity index (χ4v) is 3.97. The largest absolute Gasteiger partial charge is 0.363 e. The van der Waals surface area contributed by atoms with Gasteiger partial charge in [0, 0.05) is 50.1 Å². The average molecular weight is 426 g/mol. The topological polar surface area (TPSA) is 69.6 Å². The van der Waals surface area contributed by atoms with Crippen molar-refractivity contribution < 1.29 is 9.59 Å². The Morgan fingerprint density at radius 1 is 0.933 bits per heavy atom. The molecule has 0 aliphatic carbocycles. The summed E-state index contributed by atoms with van der Waals surface area (Å²) in [5.74, 6) is 0.415. The van der Waals surface area contributed by atoms with Gasteiger partial charge in [0.1, 0.15) is 5.70 Å². The number of carbonyl (C=O) groups excluding carboxylic acids is 2. The summed E-state index contributed by atoms with van der Waals surface area (Å²) in [6.07, 6.45) is 3.44. The minimum Gasteiger partial charge on any atom is -0.363 e. The first-order valence-corrected chi connectivity index (χ1v) is 10.5. The second-order valence-corrected chi connectivity index (χ2v) is 8.30. The molecule has 1 aromatic carbocycles. The van der Waals surface area contributed by atoms with Gasteiger partial charge in [-0.15, -0.1) is 0 Å². The Morgan fingerprint density at radius 3 is 2.13 bits per heavy atom. The highest BCUT2D eigenvalue weighted by molar-refractivity contribution is 6.36. The molecule has 2 aliphatic heterocycles. The second-order valence-electron chi connectivity index (χ2n) is 7.87. The van der Waals surface area contributed by atoms with Crippen molar-refractivity contribution in [1.82, 2.24) is 19.8 Å². The maximum Gasteiger partial charge on any atom is 0.277 e. The number of halogens is 1. The monoisotopic (exact) mass is 425 g/mol. The van der Waals surface area contributed by atoms with Crippen LogP contribution in [0, 0.1) is 5.92 Å². The van der Waals surface area contributed by atoms with Crippen LogP contribution in [0.5, 0.6) is 0 Å². The van der Waals surface area contributed by atoms with Gasteiger partial charge in [-0.25, -0.2) is 9.97 Å². The highest BCUT2D eigenvalue weighted by Crippen LogP contribution is 2.33. The summed E-state index contributed by atoms with van der Waals surface area (Å²) in [7, 11) is 0. The van der Waals surface area contributed by atoms with Crippen molar-refractivity contribution in [3.63, 3.8) is 0 Å². The number of amides is 2. The third kappa shape index (κ3) is 3.89. The van der Waals surface area contributed by atoms with Crippen molar-refractivity contribution in [2.75, 3.05) is 37.6 Å². The minimum absolute atomic E-state index is 0.191. The Balaban J connectivity index is 1.64. The third-order valence-corrected chi connectivity index (χ3v) is 5.51. The van der Waals surface area contributed by atoms with Gasteiger partial charge in [0.2, 0.25) is 5.95 Å². The lowest BCUT2D eigenvalue weighted by atomic mass is 10.0. The molecule has 3 heterocycles. The highest BCUT2D eigenvalue weighted by atomic mass is 35.5. The van der Waals surface area contributed by atoms with Crippen LogP contribution in [0.3, 0.4) is 0 Å². The zero-order chi connectivity index (χ0) is 21.3.